The summed E-state index contributed by atoms with van der Waals surface area (Å²) in [5, 5.41) is 4.16. The van der Waals surface area contributed by atoms with Gasteiger partial charge in [0.2, 0.25) is 0 Å². The number of fused-ring (bicyclic) bond motifs is 4. The lowest BCUT2D eigenvalue weighted by Crippen LogP contribution is -2.48. The number of hydrogen-bond donors (Lipinski definition) is 0. The summed E-state index contributed by atoms with van der Waals surface area (Å²) in [6, 6.07) is 7.89. The van der Waals surface area contributed by atoms with E-state index in [1.54, 1.807) is 6.33 Å². The van der Waals surface area contributed by atoms with Gasteiger partial charge in [0.25, 0.3) is 0 Å². The number of imidazole rings is 1. The Morgan fingerprint density at radius 2 is 2.03 bits per heavy atom. The Kier molecular flexibility index (Phi) is 5.28. The third kappa shape index (κ3) is 3.23. The molecule has 3 atom stereocenters. The van der Waals surface area contributed by atoms with Gasteiger partial charge in [-0.3, -0.25) is 0 Å². The molecule has 184 valence electrons. The van der Waals surface area contributed by atoms with Crippen LogP contribution in [0.2, 0.25) is 0 Å². The molecule has 8 nitrogen and oxygen atoms in total. The smallest absolute Gasteiger partial charge is 0.338 e. The van der Waals surface area contributed by atoms with E-state index in [1.807, 2.05) is 50.0 Å². The molecule has 0 aliphatic heterocycles. The lowest BCUT2D eigenvalue weighted by Gasteiger charge is -2.50. The Morgan fingerprint density at radius 1 is 1.22 bits per heavy atom. The zero-order chi connectivity index (χ0) is 25.0. The maximum absolute atomic E-state index is 12.4. The van der Waals surface area contributed by atoms with Gasteiger partial charge in [0.05, 0.1) is 48.0 Å². The highest BCUT2D eigenvalue weighted by atomic mass is 16.5. The number of carbonyl (C=O) groups excluding carboxylic acids is 1. The maximum Gasteiger partial charge on any atom is 0.338 e. The highest BCUT2D eigenvalue weighted by Gasteiger charge is 2.54. The number of ether oxygens (including phenoxy) is 1. The topological polar surface area (TPSA) is 95.9 Å². The largest absolute Gasteiger partial charge is 0.462 e. The van der Waals surface area contributed by atoms with Crippen LogP contribution in [0.4, 0.5) is 0 Å². The Labute approximate surface area is 209 Å². The SMILES string of the molecule is CCOC(=O)c1ccc([C@]23Cc4cnoc4[C@@H](C)[C@@H]2CCc2c(-c4cncn4C)nc(C)nc23)cc1. The van der Waals surface area contributed by atoms with Crippen LogP contribution in [0.15, 0.2) is 47.5 Å². The molecule has 1 aromatic carbocycles. The fourth-order valence-corrected chi connectivity index (χ4v) is 6.44. The summed E-state index contributed by atoms with van der Waals surface area (Å²) in [4.78, 5) is 26.8. The summed E-state index contributed by atoms with van der Waals surface area (Å²) >= 11 is 0. The zero-order valence-electron chi connectivity index (χ0n) is 21.0. The van der Waals surface area contributed by atoms with E-state index in [9.17, 15) is 4.79 Å². The van der Waals surface area contributed by atoms with Crippen LogP contribution in [0.25, 0.3) is 11.4 Å². The molecule has 0 saturated heterocycles. The van der Waals surface area contributed by atoms with Crippen molar-refractivity contribution in [1.82, 2.24) is 24.7 Å². The molecule has 8 heteroatoms. The molecule has 0 N–H and O–H groups in total. The molecule has 2 aliphatic rings. The van der Waals surface area contributed by atoms with Crippen molar-refractivity contribution in [2.24, 2.45) is 13.0 Å². The van der Waals surface area contributed by atoms with Crippen molar-refractivity contribution in [2.45, 2.75) is 51.4 Å². The van der Waals surface area contributed by atoms with Crippen molar-refractivity contribution in [3.63, 3.8) is 0 Å². The van der Waals surface area contributed by atoms with E-state index in [0.717, 1.165) is 59.1 Å². The second kappa shape index (κ2) is 8.40. The minimum absolute atomic E-state index is 0.171. The van der Waals surface area contributed by atoms with Gasteiger partial charge in [-0.2, -0.15) is 0 Å². The quantitative estimate of drug-likeness (QED) is 0.393. The zero-order valence-corrected chi connectivity index (χ0v) is 21.0. The summed E-state index contributed by atoms with van der Waals surface area (Å²) in [7, 11) is 1.99. The van der Waals surface area contributed by atoms with Crippen LogP contribution in [-0.2, 0) is 30.0 Å². The molecule has 0 bridgehead atoms. The van der Waals surface area contributed by atoms with Crippen LogP contribution in [0.3, 0.4) is 0 Å². The maximum atomic E-state index is 12.4. The number of esters is 1. The Balaban J connectivity index is 1.60. The Hall–Kier alpha value is -3.81. The molecule has 2 aliphatic carbocycles. The van der Waals surface area contributed by atoms with Gasteiger partial charge in [0, 0.05) is 29.5 Å². The number of carbonyl (C=O) groups is 1. The summed E-state index contributed by atoms with van der Waals surface area (Å²) in [6.07, 6.45) is 8.09. The van der Waals surface area contributed by atoms with Crippen molar-refractivity contribution >= 4 is 5.97 Å². The average Bonchev–Trinajstić information content (AvgIpc) is 3.52. The van der Waals surface area contributed by atoms with Crippen LogP contribution in [0, 0.1) is 12.8 Å². The second-order valence-electron chi connectivity index (χ2n) is 9.93. The molecule has 36 heavy (non-hydrogen) atoms. The number of aromatic nitrogens is 5. The molecule has 6 rings (SSSR count). The fraction of sp³-hybridized carbons (Fsp3) is 0.393. The predicted molar refractivity (Wildman–Crippen MR) is 133 cm³/mol. The van der Waals surface area contributed by atoms with Gasteiger partial charge in [-0.15, -0.1) is 0 Å². The first-order chi connectivity index (χ1) is 17.4. The number of nitrogens with zero attached hydrogens (tertiary/aromatic N) is 5. The first kappa shape index (κ1) is 22.6. The van der Waals surface area contributed by atoms with Crippen LogP contribution in [0.5, 0.6) is 0 Å². The number of aryl methyl sites for hydroxylation is 2. The van der Waals surface area contributed by atoms with Crippen LogP contribution in [0.1, 0.15) is 70.5 Å². The molecule has 0 fully saturated rings. The molecule has 0 unspecified atom stereocenters. The van der Waals surface area contributed by atoms with E-state index in [4.69, 9.17) is 19.2 Å². The molecule has 0 spiro atoms. The van der Waals surface area contributed by atoms with Crippen molar-refractivity contribution in [1.29, 1.82) is 0 Å². The van der Waals surface area contributed by atoms with Crippen LogP contribution in [-0.4, -0.2) is 37.3 Å². The van der Waals surface area contributed by atoms with Crippen molar-refractivity contribution in [2.75, 3.05) is 6.61 Å². The molecule has 3 heterocycles. The normalized spacial score (nSPS) is 22.4. The molecule has 0 amide bonds. The van der Waals surface area contributed by atoms with E-state index in [-0.39, 0.29) is 17.8 Å². The molecule has 4 aromatic rings. The van der Waals surface area contributed by atoms with Crippen molar-refractivity contribution in [3.8, 4) is 11.4 Å². The summed E-state index contributed by atoms with van der Waals surface area (Å²) in [5.74, 6) is 1.83. The molecule has 3 aromatic heterocycles. The Bertz CT molecular complexity index is 1450. The third-order valence-corrected chi connectivity index (χ3v) is 8.01. The number of hydrogen-bond acceptors (Lipinski definition) is 7. The van der Waals surface area contributed by atoms with Gasteiger partial charge in [0.15, 0.2) is 0 Å². The number of benzene rings is 1. The Morgan fingerprint density at radius 3 is 2.75 bits per heavy atom. The summed E-state index contributed by atoms with van der Waals surface area (Å²) in [6.45, 7) is 6.35. The van der Waals surface area contributed by atoms with Gasteiger partial charge >= 0.3 is 5.97 Å². The monoisotopic (exact) mass is 483 g/mol. The fourth-order valence-electron chi connectivity index (χ4n) is 6.44. The van der Waals surface area contributed by atoms with Crippen molar-refractivity contribution < 1.29 is 14.1 Å². The van der Waals surface area contributed by atoms with Crippen LogP contribution < -0.4 is 0 Å². The van der Waals surface area contributed by atoms with E-state index < -0.39 is 5.41 Å². The van der Waals surface area contributed by atoms with E-state index in [2.05, 4.69) is 29.2 Å². The lowest BCUT2D eigenvalue weighted by molar-refractivity contribution is 0.0526. The standard InChI is InChI=1S/C28H29N5O3/c1-5-35-27(34)18-6-8-20(9-7-18)28-12-19-13-30-36-25(19)16(2)22(28)11-10-21-24(23-14-29-15-33(23)4)31-17(3)32-26(21)28/h6-9,13-16,22H,5,10-12H2,1-4H3/t16-,22-,28+/m0/s1. The minimum Gasteiger partial charge on any atom is -0.462 e. The van der Waals surface area contributed by atoms with E-state index in [1.165, 1.54) is 5.56 Å². The first-order valence-electron chi connectivity index (χ1n) is 12.5. The number of rotatable bonds is 4. The molecular weight excluding hydrogens is 454 g/mol. The minimum atomic E-state index is -0.403. The van der Waals surface area contributed by atoms with Gasteiger partial charge in [-0.25, -0.2) is 19.7 Å². The highest BCUT2D eigenvalue weighted by Crippen LogP contribution is 2.57. The van der Waals surface area contributed by atoms with Gasteiger partial charge < -0.3 is 13.8 Å². The van der Waals surface area contributed by atoms with Crippen molar-refractivity contribution in [3.05, 3.63) is 82.5 Å². The molecule has 0 radical (unpaired) electrons. The van der Waals surface area contributed by atoms with Gasteiger partial charge in [-0.05, 0) is 56.7 Å². The van der Waals surface area contributed by atoms with Crippen LogP contribution >= 0.6 is 0 Å². The summed E-state index contributed by atoms with van der Waals surface area (Å²) in [5.41, 5.74) is 6.55. The van der Waals surface area contributed by atoms with Gasteiger partial charge in [-0.1, -0.05) is 24.2 Å². The van der Waals surface area contributed by atoms with E-state index in [0.29, 0.717) is 12.2 Å². The third-order valence-electron chi connectivity index (χ3n) is 8.01. The first-order valence-corrected chi connectivity index (χ1v) is 12.5. The van der Waals surface area contributed by atoms with Gasteiger partial charge in [0.1, 0.15) is 11.6 Å². The second-order valence-corrected chi connectivity index (χ2v) is 9.93. The predicted octanol–water partition coefficient (Wildman–Crippen LogP) is 4.56. The lowest BCUT2D eigenvalue weighted by atomic mass is 9.53. The van der Waals surface area contributed by atoms with E-state index >= 15 is 0 Å². The highest BCUT2D eigenvalue weighted by molar-refractivity contribution is 5.89. The average molecular weight is 484 g/mol. The molecule has 0 saturated carbocycles. The summed E-state index contributed by atoms with van der Waals surface area (Å²) < 4.78 is 13.0. The molecular formula is C28H29N5O3.